The first kappa shape index (κ1) is 19.1. The van der Waals surface area contributed by atoms with E-state index in [1.54, 1.807) is 0 Å². The van der Waals surface area contributed by atoms with Crippen LogP contribution in [0.5, 0.6) is 0 Å². The van der Waals surface area contributed by atoms with E-state index in [-0.39, 0.29) is 0 Å². The van der Waals surface area contributed by atoms with Gasteiger partial charge in [-0.05, 0) is 63.7 Å². The van der Waals surface area contributed by atoms with Gasteiger partial charge in [-0.1, -0.05) is 79.2 Å². The number of aryl methyl sites for hydroxylation is 1. The van der Waals surface area contributed by atoms with Gasteiger partial charge in [-0.15, -0.1) is 0 Å². The zero-order valence-corrected chi connectivity index (χ0v) is 18.5. The lowest BCUT2D eigenvalue weighted by atomic mass is 9.96. The molecule has 6 aromatic rings. The molecule has 0 aliphatic heterocycles. The van der Waals surface area contributed by atoms with Gasteiger partial charge in [-0.3, -0.25) is 4.57 Å². The molecule has 3 heteroatoms. The molecule has 32 heavy (non-hydrogen) atoms. The summed E-state index contributed by atoms with van der Waals surface area (Å²) in [5.74, 6) is 1.08. The van der Waals surface area contributed by atoms with Crippen LogP contribution in [0.3, 0.4) is 0 Å². The maximum atomic E-state index is 6.44. The van der Waals surface area contributed by atoms with Crippen molar-refractivity contribution >= 4 is 44.2 Å². The molecule has 6 rings (SSSR count). The number of fused-ring (bicyclic) bond motifs is 3. The molecule has 0 radical (unpaired) electrons. The second-order valence-electron chi connectivity index (χ2n) is 8.09. The molecule has 2 nitrogen and oxygen atoms in total. The second-order valence-corrected chi connectivity index (χ2v) is 8.50. The van der Waals surface area contributed by atoms with Gasteiger partial charge in [0.05, 0.1) is 11.0 Å². The van der Waals surface area contributed by atoms with E-state index in [1.807, 2.05) is 18.2 Å². The van der Waals surface area contributed by atoms with Crippen molar-refractivity contribution < 1.29 is 0 Å². The number of benzene rings is 5. The molecule has 1 aromatic heterocycles. The molecule has 0 saturated heterocycles. The summed E-state index contributed by atoms with van der Waals surface area (Å²) in [6.07, 6.45) is 0.884. The van der Waals surface area contributed by atoms with E-state index < -0.39 is 0 Å². The van der Waals surface area contributed by atoms with Crippen LogP contribution in [0.4, 0.5) is 0 Å². The third-order valence-corrected chi connectivity index (χ3v) is 6.54. The van der Waals surface area contributed by atoms with Crippen molar-refractivity contribution in [2.75, 3.05) is 0 Å². The first-order valence-corrected chi connectivity index (χ1v) is 11.3. The standard InChI is InChI=1S/C29H21ClN2/c1-2-29-31-27-11-3-4-12-28(27)32(29)22-16-15-19-17-21(14-13-20(19)18-22)23-7-5-9-25-24(23)8-6-10-26(25)30/h3-18H,2H2,1H3. The van der Waals surface area contributed by atoms with Gasteiger partial charge in [-0.2, -0.15) is 0 Å². The van der Waals surface area contributed by atoms with Gasteiger partial charge in [0.2, 0.25) is 0 Å². The zero-order valence-electron chi connectivity index (χ0n) is 17.7. The molecule has 0 bridgehead atoms. The summed E-state index contributed by atoms with van der Waals surface area (Å²) in [6.45, 7) is 2.15. The van der Waals surface area contributed by atoms with E-state index in [9.17, 15) is 0 Å². The highest BCUT2D eigenvalue weighted by atomic mass is 35.5. The molecular weight excluding hydrogens is 412 g/mol. The summed E-state index contributed by atoms with van der Waals surface area (Å²) in [5, 5.41) is 5.47. The Bertz CT molecular complexity index is 1630. The van der Waals surface area contributed by atoms with E-state index in [0.29, 0.717) is 0 Å². The minimum absolute atomic E-state index is 0.786. The first-order valence-electron chi connectivity index (χ1n) is 10.9. The van der Waals surface area contributed by atoms with Gasteiger partial charge in [0.1, 0.15) is 5.82 Å². The molecule has 1 heterocycles. The largest absolute Gasteiger partial charge is 0.296 e. The van der Waals surface area contributed by atoms with Crippen LogP contribution in [0.15, 0.2) is 97.1 Å². The summed E-state index contributed by atoms with van der Waals surface area (Å²) in [7, 11) is 0. The summed E-state index contributed by atoms with van der Waals surface area (Å²) in [6, 6.07) is 34.1. The summed E-state index contributed by atoms with van der Waals surface area (Å²) in [4.78, 5) is 4.83. The van der Waals surface area contributed by atoms with E-state index in [4.69, 9.17) is 16.6 Å². The number of hydrogen-bond acceptors (Lipinski definition) is 1. The van der Waals surface area contributed by atoms with Crippen LogP contribution >= 0.6 is 11.6 Å². The SMILES string of the molecule is CCc1nc2ccccc2n1-c1ccc2cc(-c3cccc4c(Cl)cccc34)ccc2c1. The van der Waals surface area contributed by atoms with Crippen molar-refractivity contribution in [1.29, 1.82) is 0 Å². The lowest BCUT2D eigenvalue weighted by Crippen LogP contribution is -1.99. The fourth-order valence-electron chi connectivity index (χ4n) is 4.66. The van der Waals surface area contributed by atoms with E-state index in [2.05, 4.69) is 90.4 Å². The monoisotopic (exact) mass is 432 g/mol. The van der Waals surface area contributed by atoms with Crippen LogP contribution in [0.2, 0.25) is 5.02 Å². The summed E-state index contributed by atoms with van der Waals surface area (Å²) in [5.41, 5.74) is 5.72. The molecule has 0 amide bonds. The number of halogens is 1. The van der Waals surface area contributed by atoms with Crippen LogP contribution < -0.4 is 0 Å². The topological polar surface area (TPSA) is 17.8 Å². The summed E-state index contributed by atoms with van der Waals surface area (Å²) < 4.78 is 2.27. The first-order chi connectivity index (χ1) is 15.7. The molecule has 0 N–H and O–H groups in total. The summed E-state index contributed by atoms with van der Waals surface area (Å²) >= 11 is 6.44. The van der Waals surface area contributed by atoms with Crippen LogP contribution in [-0.2, 0) is 6.42 Å². The van der Waals surface area contributed by atoms with Crippen LogP contribution in [0, 0.1) is 0 Å². The Morgan fingerprint density at radius 3 is 2.44 bits per heavy atom. The molecule has 0 aliphatic carbocycles. The highest BCUT2D eigenvalue weighted by molar-refractivity contribution is 6.35. The van der Waals surface area contributed by atoms with Gasteiger partial charge in [0.25, 0.3) is 0 Å². The minimum atomic E-state index is 0.786. The van der Waals surface area contributed by atoms with Gasteiger partial charge in [-0.25, -0.2) is 4.98 Å². The third kappa shape index (κ3) is 2.99. The third-order valence-electron chi connectivity index (χ3n) is 6.21. The normalized spacial score (nSPS) is 11.6. The molecule has 0 atom stereocenters. The fourth-order valence-corrected chi connectivity index (χ4v) is 4.90. The van der Waals surface area contributed by atoms with Gasteiger partial charge in [0, 0.05) is 22.5 Å². The predicted molar refractivity (Wildman–Crippen MR) is 136 cm³/mol. The maximum absolute atomic E-state index is 6.44. The van der Waals surface area contributed by atoms with Gasteiger partial charge in [0.15, 0.2) is 0 Å². The highest BCUT2D eigenvalue weighted by Gasteiger charge is 2.12. The molecule has 0 fully saturated rings. The Balaban J connectivity index is 1.50. The van der Waals surface area contributed by atoms with Gasteiger partial charge >= 0.3 is 0 Å². The Labute approximate surface area is 191 Å². The Kier molecular flexibility index (Phi) is 4.48. The molecule has 5 aromatic carbocycles. The molecule has 0 aliphatic rings. The number of nitrogens with zero attached hydrogens (tertiary/aromatic N) is 2. The Morgan fingerprint density at radius 1 is 0.750 bits per heavy atom. The van der Waals surface area contributed by atoms with Crippen molar-refractivity contribution in [3.63, 3.8) is 0 Å². The molecule has 0 unspecified atom stereocenters. The van der Waals surface area contributed by atoms with Crippen molar-refractivity contribution in [3.8, 4) is 16.8 Å². The fraction of sp³-hybridized carbons (Fsp3) is 0.0690. The number of para-hydroxylation sites is 2. The average molecular weight is 433 g/mol. The van der Waals surface area contributed by atoms with Crippen LogP contribution in [0.1, 0.15) is 12.7 Å². The Morgan fingerprint density at radius 2 is 1.53 bits per heavy atom. The van der Waals surface area contributed by atoms with Gasteiger partial charge < -0.3 is 0 Å². The van der Waals surface area contributed by atoms with Crippen LogP contribution in [0.25, 0.3) is 49.4 Å². The van der Waals surface area contributed by atoms with Crippen molar-refractivity contribution in [3.05, 3.63) is 108 Å². The minimum Gasteiger partial charge on any atom is -0.296 e. The molecule has 154 valence electrons. The lowest BCUT2D eigenvalue weighted by Gasteiger charge is -2.12. The Hall–Kier alpha value is -3.62. The smallest absolute Gasteiger partial charge is 0.114 e. The van der Waals surface area contributed by atoms with E-state index >= 15 is 0 Å². The van der Waals surface area contributed by atoms with E-state index in [1.165, 1.54) is 27.3 Å². The molecular formula is C29H21ClN2. The zero-order chi connectivity index (χ0) is 21.7. The van der Waals surface area contributed by atoms with Crippen LogP contribution in [-0.4, -0.2) is 9.55 Å². The second kappa shape index (κ2) is 7.51. The molecule has 0 spiro atoms. The maximum Gasteiger partial charge on any atom is 0.114 e. The van der Waals surface area contributed by atoms with Crippen molar-refractivity contribution in [1.82, 2.24) is 9.55 Å². The molecule has 0 saturated carbocycles. The van der Waals surface area contributed by atoms with E-state index in [0.717, 1.165) is 39.4 Å². The number of imidazole rings is 1. The van der Waals surface area contributed by atoms with Crippen molar-refractivity contribution in [2.45, 2.75) is 13.3 Å². The number of rotatable bonds is 3. The lowest BCUT2D eigenvalue weighted by molar-refractivity contribution is 0.909. The average Bonchev–Trinajstić information content (AvgIpc) is 3.22. The number of aromatic nitrogens is 2. The van der Waals surface area contributed by atoms with Crippen molar-refractivity contribution in [2.24, 2.45) is 0 Å². The number of hydrogen-bond donors (Lipinski definition) is 0. The quantitative estimate of drug-likeness (QED) is 0.275. The highest BCUT2D eigenvalue weighted by Crippen LogP contribution is 2.34. The predicted octanol–water partition coefficient (Wildman–Crippen LogP) is 8.21.